The second kappa shape index (κ2) is 6.75. The third-order valence-electron chi connectivity index (χ3n) is 4.26. The molecule has 3 aromatic heterocycles. The lowest BCUT2D eigenvalue weighted by atomic mass is 10.0. The van der Waals surface area contributed by atoms with Gasteiger partial charge in [-0.3, -0.25) is 4.98 Å². The molecule has 0 amide bonds. The molecular weight excluding hydrogens is 310 g/mol. The van der Waals surface area contributed by atoms with E-state index in [1.807, 2.05) is 36.7 Å². The van der Waals surface area contributed by atoms with Crippen LogP contribution in [0.3, 0.4) is 0 Å². The number of benzene rings is 1. The third-order valence-corrected chi connectivity index (χ3v) is 4.26. The van der Waals surface area contributed by atoms with Crippen molar-refractivity contribution in [2.75, 3.05) is 5.32 Å². The summed E-state index contributed by atoms with van der Waals surface area (Å²) in [4.78, 5) is 8.67. The van der Waals surface area contributed by atoms with Crippen LogP contribution in [0.15, 0.2) is 73.3 Å². The quantitative estimate of drug-likeness (QED) is 0.588. The predicted molar refractivity (Wildman–Crippen MR) is 100 cm³/mol. The highest BCUT2D eigenvalue weighted by Crippen LogP contribution is 2.30. The van der Waals surface area contributed by atoms with Crippen molar-refractivity contribution >= 4 is 11.3 Å². The van der Waals surface area contributed by atoms with Crippen molar-refractivity contribution in [3.63, 3.8) is 0 Å². The minimum Gasteiger partial charge on any atom is -0.378 e. The lowest BCUT2D eigenvalue weighted by molar-refractivity contribution is 0.948. The van der Waals surface area contributed by atoms with Crippen molar-refractivity contribution in [3.05, 3.63) is 84.6 Å². The minimum absolute atomic E-state index is 0.444. The lowest BCUT2D eigenvalue weighted by Crippen LogP contribution is -2.09. The van der Waals surface area contributed by atoms with Crippen LogP contribution in [-0.2, 0) is 13.1 Å². The first-order chi connectivity index (χ1) is 12.4. The molecule has 0 aliphatic heterocycles. The molecular formula is C20H19N5. The van der Waals surface area contributed by atoms with Crippen LogP contribution < -0.4 is 11.1 Å². The topological polar surface area (TPSA) is 68.2 Å². The largest absolute Gasteiger partial charge is 0.378 e. The molecule has 4 aromatic rings. The zero-order valence-electron chi connectivity index (χ0n) is 13.8. The van der Waals surface area contributed by atoms with E-state index in [0.29, 0.717) is 13.1 Å². The Morgan fingerprint density at radius 3 is 2.68 bits per heavy atom. The molecule has 1 aromatic carbocycles. The van der Waals surface area contributed by atoms with E-state index < -0.39 is 0 Å². The second-order valence-corrected chi connectivity index (χ2v) is 5.82. The van der Waals surface area contributed by atoms with E-state index in [2.05, 4.69) is 44.0 Å². The smallest absolute Gasteiger partial charge is 0.160 e. The van der Waals surface area contributed by atoms with E-state index in [-0.39, 0.29) is 0 Å². The summed E-state index contributed by atoms with van der Waals surface area (Å²) < 4.78 is 2.06. The monoisotopic (exact) mass is 329 g/mol. The molecule has 0 aliphatic carbocycles. The average molecular weight is 329 g/mol. The molecule has 4 rings (SSSR count). The van der Waals surface area contributed by atoms with Gasteiger partial charge in [-0.2, -0.15) is 0 Å². The van der Waals surface area contributed by atoms with Gasteiger partial charge in [0.2, 0.25) is 0 Å². The zero-order chi connectivity index (χ0) is 17.1. The molecule has 124 valence electrons. The van der Waals surface area contributed by atoms with E-state index >= 15 is 0 Å². The number of rotatable bonds is 5. The van der Waals surface area contributed by atoms with Gasteiger partial charge in [-0.05, 0) is 23.3 Å². The van der Waals surface area contributed by atoms with Gasteiger partial charge in [0.25, 0.3) is 0 Å². The average Bonchev–Trinajstić information content (AvgIpc) is 3.17. The van der Waals surface area contributed by atoms with E-state index in [4.69, 9.17) is 5.73 Å². The standard InChI is InChI=1S/C20H19N5/c21-12-19-17(16-6-2-1-3-7-16)11-18(20-23-9-10-25(19)20)24-14-15-5-4-8-22-13-15/h1-11,13,24H,12,14,21H2. The number of nitrogens with zero attached hydrogens (tertiary/aromatic N) is 3. The Bertz CT molecular complexity index is 977. The molecule has 0 bridgehead atoms. The van der Waals surface area contributed by atoms with Crippen molar-refractivity contribution in [1.82, 2.24) is 14.4 Å². The van der Waals surface area contributed by atoms with Gasteiger partial charge in [-0.25, -0.2) is 4.98 Å². The van der Waals surface area contributed by atoms with Crippen LogP contribution in [0.25, 0.3) is 16.8 Å². The zero-order valence-corrected chi connectivity index (χ0v) is 13.8. The molecule has 0 atom stereocenters. The van der Waals surface area contributed by atoms with Gasteiger partial charge < -0.3 is 15.5 Å². The van der Waals surface area contributed by atoms with Gasteiger partial charge in [-0.1, -0.05) is 36.4 Å². The van der Waals surface area contributed by atoms with Crippen molar-refractivity contribution in [2.45, 2.75) is 13.1 Å². The SMILES string of the molecule is NCc1c(-c2ccccc2)cc(NCc2cccnc2)c2nccn12. The molecule has 0 spiro atoms. The molecule has 0 fully saturated rings. The van der Waals surface area contributed by atoms with Crippen molar-refractivity contribution in [2.24, 2.45) is 5.73 Å². The number of anilines is 1. The number of nitrogens with two attached hydrogens (primary N) is 1. The van der Waals surface area contributed by atoms with Gasteiger partial charge in [0.05, 0.1) is 5.69 Å². The van der Waals surface area contributed by atoms with Crippen LogP contribution in [0.5, 0.6) is 0 Å². The fraction of sp³-hybridized carbons (Fsp3) is 0.100. The Labute approximate surface area is 146 Å². The summed E-state index contributed by atoms with van der Waals surface area (Å²) in [5.41, 5.74) is 12.3. The van der Waals surface area contributed by atoms with Crippen molar-refractivity contribution in [3.8, 4) is 11.1 Å². The molecule has 0 saturated carbocycles. The van der Waals surface area contributed by atoms with Crippen LogP contribution in [0.4, 0.5) is 5.69 Å². The van der Waals surface area contributed by atoms with E-state index in [1.54, 1.807) is 12.4 Å². The molecule has 5 nitrogen and oxygen atoms in total. The highest BCUT2D eigenvalue weighted by atomic mass is 15.0. The Hall–Kier alpha value is -3.18. The molecule has 5 heteroatoms. The molecule has 0 radical (unpaired) electrons. The number of imidazole rings is 1. The lowest BCUT2D eigenvalue weighted by Gasteiger charge is -2.16. The number of hydrogen-bond donors (Lipinski definition) is 2. The summed E-state index contributed by atoms with van der Waals surface area (Å²) in [6, 6.07) is 16.4. The maximum atomic E-state index is 6.05. The normalized spacial score (nSPS) is 10.9. The Morgan fingerprint density at radius 2 is 1.92 bits per heavy atom. The van der Waals surface area contributed by atoms with Gasteiger partial charge in [0.1, 0.15) is 0 Å². The summed E-state index contributed by atoms with van der Waals surface area (Å²) >= 11 is 0. The van der Waals surface area contributed by atoms with Crippen LogP contribution in [0.2, 0.25) is 0 Å². The van der Waals surface area contributed by atoms with Gasteiger partial charge in [-0.15, -0.1) is 0 Å². The van der Waals surface area contributed by atoms with E-state index in [9.17, 15) is 0 Å². The number of aromatic nitrogens is 3. The summed E-state index contributed by atoms with van der Waals surface area (Å²) in [6.07, 6.45) is 7.40. The fourth-order valence-corrected chi connectivity index (χ4v) is 3.05. The van der Waals surface area contributed by atoms with Crippen LogP contribution in [0, 0.1) is 0 Å². The highest BCUT2D eigenvalue weighted by Gasteiger charge is 2.13. The van der Waals surface area contributed by atoms with Crippen LogP contribution in [0.1, 0.15) is 11.3 Å². The summed E-state index contributed by atoms with van der Waals surface area (Å²) in [7, 11) is 0. The molecule has 3 heterocycles. The maximum absolute atomic E-state index is 6.05. The van der Waals surface area contributed by atoms with Crippen LogP contribution in [-0.4, -0.2) is 14.4 Å². The highest BCUT2D eigenvalue weighted by molar-refractivity contribution is 5.78. The first kappa shape index (κ1) is 15.4. The fourth-order valence-electron chi connectivity index (χ4n) is 3.05. The Morgan fingerprint density at radius 1 is 1.04 bits per heavy atom. The van der Waals surface area contributed by atoms with Crippen molar-refractivity contribution < 1.29 is 0 Å². The Balaban J connectivity index is 1.80. The Kier molecular flexibility index (Phi) is 4.14. The molecule has 25 heavy (non-hydrogen) atoms. The number of fused-ring (bicyclic) bond motifs is 1. The van der Waals surface area contributed by atoms with Gasteiger partial charge in [0, 0.05) is 49.1 Å². The van der Waals surface area contributed by atoms with E-state index in [1.165, 1.54) is 0 Å². The van der Waals surface area contributed by atoms with E-state index in [0.717, 1.165) is 33.7 Å². The third kappa shape index (κ3) is 2.97. The first-order valence-corrected chi connectivity index (χ1v) is 8.24. The number of hydrogen-bond acceptors (Lipinski definition) is 4. The predicted octanol–water partition coefficient (Wildman–Crippen LogP) is 3.47. The first-order valence-electron chi connectivity index (χ1n) is 8.24. The summed E-state index contributed by atoms with van der Waals surface area (Å²) in [6.45, 7) is 1.13. The molecule has 0 aliphatic rings. The van der Waals surface area contributed by atoms with Crippen LogP contribution >= 0.6 is 0 Å². The minimum atomic E-state index is 0.444. The number of nitrogens with one attached hydrogen (secondary N) is 1. The van der Waals surface area contributed by atoms with Gasteiger partial charge >= 0.3 is 0 Å². The maximum Gasteiger partial charge on any atom is 0.160 e. The van der Waals surface area contributed by atoms with Gasteiger partial charge in [0.15, 0.2) is 5.65 Å². The summed E-state index contributed by atoms with van der Waals surface area (Å²) in [5.74, 6) is 0. The molecule has 0 unspecified atom stereocenters. The van der Waals surface area contributed by atoms with Crippen molar-refractivity contribution in [1.29, 1.82) is 0 Å². The number of pyridine rings is 2. The summed E-state index contributed by atoms with van der Waals surface area (Å²) in [5, 5.41) is 3.49. The molecule has 3 N–H and O–H groups in total. The second-order valence-electron chi connectivity index (χ2n) is 5.82. The molecule has 0 saturated heterocycles.